The van der Waals surface area contributed by atoms with Gasteiger partial charge in [-0.15, -0.1) is 0 Å². The van der Waals surface area contributed by atoms with Crippen molar-refractivity contribution in [3.63, 3.8) is 0 Å². The summed E-state index contributed by atoms with van der Waals surface area (Å²) in [4.78, 5) is 0. The third kappa shape index (κ3) is 6.15. The van der Waals surface area contributed by atoms with E-state index in [1.54, 1.807) is 6.92 Å². The molecule has 1 atom stereocenters. The molecule has 0 aromatic rings. The Morgan fingerprint density at radius 2 is 1.73 bits per heavy atom. The van der Waals surface area contributed by atoms with Crippen molar-refractivity contribution in [2.24, 2.45) is 5.73 Å². The number of hydrogen-bond acceptors (Lipinski definition) is 3. The zero-order valence-corrected chi connectivity index (χ0v) is 11.1. The fourth-order valence-electron chi connectivity index (χ4n) is 1.51. The maximum Gasteiger partial charge on any atom is 0.150 e. The van der Waals surface area contributed by atoms with Crippen molar-refractivity contribution in [3.05, 3.63) is 0 Å². The summed E-state index contributed by atoms with van der Waals surface area (Å²) in [6, 6.07) is 0. The van der Waals surface area contributed by atoms with Gasteiger partial charge in [0.05, 0.1) is 5.75 Å². The number of rotatable bonds is 8. The summed E-state index contributed by atoms with van der Waals surface area (Å²) in [5, 5.41) is 0. The largest absolute Gasteiger partial charge is 0.325 e. The summed E-state index contributed by atoms with van der Waals surface area (Å²) >= 11 is 0. The molecule has 92 valence electrons. The first-order chi connectivity index (χ1) is 6.89. The molecule has 0 radical (unpaired) electrons. The van der Waals surface area contributed by atoms with Gasteiger partial charge in [-0.2, -0.15) is 0 Å². The fourth-order valence-corrected chi connectivity index (χ4v) is 2.52. The molecule has 4 heteroatoms. The van der Waals surface area contributed by atoms with E-state index in [-0.39, 0.29) is 17.0 Å². The molecule has 0 heterocycles. The van der Waals surface area contributed by atoms with E-state index in [1.807, 2.05) is 6.92 Å². The van der Waals surface area contributed by atoms with Gasteiger partial charge in [0, 0.05) is 11.3 Å². The average molecular weight is 235 g/mol. The van der Waals surface area contributed by atoms with Gasteiger partial charge < -0.3 is 5.73 Å². The standard InChI is InChI=1S/C11H25NO2S/c1-4-7-8-11(12,5-2)9-10-15(13,14)6-3/h4-10,12H2,1-3H3. The van der Waals surface area contributed by atoms with Crippen molar-refractivity contribution in [1.82, 2.24) is 0 Å². The quantitative estimate of drug-likeness (QED) is 0.701. The molecule has 0 aliphatic rings. The zero-order valence-electron chi connectivity index (χ0n) is 10.3. The smallest absolute Gasteiger partial charge is 0.150 e. The summed E-state index contributed by atoms with van der Waals surface area (Å²) in [5.74, 6) is 0.456. The third-order valence-corrected chi connectivity index (χ3v) is 4.79. The molecule has 0 rings (SSSR count). The lowest BCUT2D eigenvalue weighted by Crippen LogP contribution is -2.41. The SMILES string of the molecule is CCCCC(N)(CC)CCS(=O)(=O)CC. The molecule has 0 fully saturated rings. The molecular formula is C11H25NO2S. The Hall–Kier alpha value is -0.0900. The molecule has 2 N–H and O–H groups in total. The van der Waals surface area contributed by atoms with Crippen molar-refractivity contribution in [2.45, 2.75) is 58.4 Å². The molecule has 0 spiro atoms. The molecular weight excluding hydrogens is 210 g/mol. The van der Waals surface area contributed by atoms with Crippen LogP contribution in [0.1, 0.15) is 52.9 Å². The fraction of sp³-hybridized carbons (Fsp3) is 1.00. The Bertz CT molecular complexity index is 262. The first kappa shape index (κ1) is 14.9. The van der Waals surface area contributed by atoms with Crippen LogP contribution in [-0.4, -0.2) is 25.5 Å². The molecule has 0 saturated carbocycles. The van der Waals surface area contributed by atoms with E-state index in [1.165, 1.54) is 0 Å². The van der Waals surface area contributed by atoms with Crippen LogP contribution < -0.4 is 5.73 Å². The normalized spacial score (nSPS) is 16.3. The second-order valence-corrected chi connectivity index (χ2v) is 6.78. The van der Waals surface area contributed by atoms with E-state index in [0.717, 1.165) is 25.7 Å². The second-order valence-electron chi connectivity index (χ2n) is 4.31. The van der Waals surface area contributed by atoms with Gasteiger partial charge in [-0.3, -0.25) is 0 Å². The predicted octanol–water partition coefficient (Wildman–Crippen LogP) is 2.11. The second kappa shape index (κ2) is 6.48. The summed E-state index contributed by atoms with van der Waals surface area (Å²) in [6.45, 7) is 5.85. The van der Waals surface area contributed by atoms with Gasteiger partial charge >= 0.3 is 0 Å². The molecule has 0 aromatic carbocycles. The lowest BCUT2D eigenvalue weighted by molar-refractivity contribution is 0.356. The van der Waals surface area contributed by atoms with Crippen LogP contribution >= 0.6 is 0 Å². The monoisotopic (exact) mass is 235 g/mol. The molecule has 3 nitrogen and oxygen atoms in total. The summed E-state index contributed by atoms with van der Waals surface area (Å²) in [7, 11) is -2.87. The van der Waals surface area contributed by atoms with Gasteiger partial charge in [0.2, 0.25) is 0 Å². The van der Waals surface area contributed by atoms with Gasteiger partial charge in [-0.1, -0.05) is 33.6 Å². The van der Waals surface area contributed by atoms with E-state index in [2.05, 4.69) is 6.92 Å². The minimum Gasteiger partial charge on any atom is -0.325 e. The van der Waals surface area contributed by atoms with Gasteiger partial charge in [0.1, 0.15) is 9.84 Å². The van der Waals surface area contributed by atoms with Crippen LogP contribution in [0.5, 0.6) is 0 Å². The van der Waals surface area contributed by atoms with Crippen LogP contribution in [0, 0.1) is 0 Å². The lowest BCUT2D eigenvalue weighted by Gasteiger charge is -2.28. The molecule has 0 saturated heterocycles. The van der Waals surface area contributed by atoms with E-state index in [0.29, 0.717) is 6.42 Å². The van der Waals surface area contributed by atoms with Crippen LogP contribution in [0.25, 0.3) is 0 Å². The minimum atomic E-state index is -2.87. The highest BCUT2D eigenvalue weighted by Gasteiger charge is 2.24. The summed E-state index contributed by atoms with van der Waals surface area (Å²) in [6.07, 6.45) is 4.57. The average Bonchev–Trinajstić information content (AvgIpc) is 2.24. The highest BCUT2D eigenvalue weighted by Crippen LogP contribution is 2.20. The molecule has 1 unspecified atom stereocenters. The van der Waals surface area contributed by atoms with Crippen LogP contribution in [0.2, 0.25) is 0 Å². The Morgan fingerprint density at radius 3 is 2.13 bits per heavy atom. The van der Waals surface area contributed by atoms with Crippen LogP contribution in [0.15, 0.2) is 0 Å². The van der Waals surface area contributed by atoms with E-state index in [9.17, 15) is 8.42 Å². The van der Waals surface area contributed by atoms with Crippen molar-refractivity contribution in [2.75, 3.05) is 11.5 Å². The third-order valence-electron chi connectivity index (χ3n) is 3.08. The summed E-state index contributed by atoms with van der Waals surface area (Å²) < 4.78 is 22.8. The Morgan fingerprint density at radius 1 is 1.13 bits per heavy atom. The van der Waals surface area contributed by atoms with Crippen molar-refractivity contribution >= 4 is 9.84 Å². The van der Waals surface area contributed by atoms with Gasteiger partial charge in [0.15, 0.2) is 0 Å². The van der Waals surface area contributed by atoms with Crippen molar-refractivity contribution in [1.29, 1.82) is 0 Å². The zero-order chi connectivity index (χ0) is 11.9. The topological polar surface area (TPSA) is 60.2 Å². The van der Waals surface area contributed by atoms with E-state index >= 15 is 0 Å². The Labute approximate surface area is 94.4 Å². The Kier molecular flexibility index (Phi) is 6.44. The Balaban J connectivity index is 4.20. The highest BCUT2D eigenvalue weighted by molar-refractivity contribution is 7.91. The maximum absolute atomic E-state index is 11.4. The lowest BCUT2D eigenvalue weighted by atomic mass is 9.88. The highest BCUT2D eigenvalue weighted by atomic mass is 32.2. The van der Waals surface area contributed by atoms with E-state index < -0.39 is 9.84 Å². The van der Waals surface area contributed by atoms with Crippen molar-refractivity contribution in [3.8, 4) is 0 Å². The first-order valence-electron chi connectivity index (χ1n) is 5.88. The minimum absolute atomic E-state index is 0.223. The molecule has 0 aliphatic carbocycles. The van der Waals surface area contributed by atoms with Gasteiger partial charge in [-0.25, -0.2) is 8.42 Å². The number of hydrogen-bond donors (Lipinski definition) is 1. The predicted molar refractivity (Wildman–Crippen MR) is 65.7 cm³/mol. The number of sulfone groups is 1. The van der Waals surface area contributed by atoms with Crippen LogP contribution in [0.4, 0.5) is 0 Å². The molecule has 0 aliphatic heterocycles. The van der Waals surface area contributed by atoms with Crippen LogP contribution in [0.3, 0.4) is 0 Å². The number of unbranched alkanes of at least 4 members (excludes halogenated alkanes) is 1. The molecule has 0 amide bonds. The molecule has 0 bridgehead atoms. The summed E-state index contributed by atoms with van der Waals surface area (Å²) in [5.41, 5.74) is 5.90. The van der Waals surface area contributed by atoms with Gasteiger partial charge in [0.25, 0.3) is 0 Å². The molecule has 0 aromatic heterocycles. The van der Waals surface area contributed by atoms with Crippen LogP contribution in [-0.2, 0) is 9.84 Å². The molecule has 15 heavy (non-hydrogen) atoms. The van der Waals surface area contributed by atoms with Gasteiger partial charge in [-0.05, 0) is 19.3 Å². The van der Waals surface area contributed by atoms with Crippen molar-refractivity contribution < 1.29 is 8.42 Å². The van der Waals surface area contributed by atoms with E-state index in [4.69, 9.17) is 5.73 Å². The first-order valence-corrected chi connectivity index (χ1v) is 7.70. The number of nitrogens with two attached hydrogens (primary N) is 1. The maximum atomic E-state index is 11.4.